The minimum atomic E-state index is -0.189. The molecule has 0 radical (unpaired) electrons. The molecule has 0 spiro atoms. The standard InChI is InChI=1S/C19H15ClN2O2S/c1-12(23)18-17(14-5-3-2-4-6-14)22-19(25-18)21-16(24)11-13-7-9-15(20)10-8-13/h2-10H,11H2,1H3,(H,21,22,24). The van der Waals surface area contributed by atoms with Gasteiger partial charge in [-0.3, -0.25) is 9.59 Å². The van der Waals surface area contributed by atoms with E-state index in [4.69, 9.17) is 11.6 Å². The number of nitrogens with zero attached hydrogens (tertiary/aromatic N) is 1. The van der Waals surface area contributed by atoms with Crippen LogP contribution in [0.15, 0.2) is 54.6 Å². The summed E-state index contributed by atoms with van der Waals surface area (Å²) in [5, 5.41) is 3.82. The van der Waals surface area contributed by atoms with Gasteiger partial charge >= 0.3 is 0 Å². The highest BCUT2D eigenvalue weighted by atomic mass is 35.5. The highest BCUT2D eigenvalue weighted by Crippen LogP contribution is 2.31. The van der Waals surface area contributed by atoms with Gasteiger partial charge in [0.05, 0.1) is 17.0 Å². The van der Waals surface area contributed by atoms with Crippen LogP contribution in [0.1, 0.15) is 22.2 Å². The number of benzene rings is 2. The van der Waals surface area contributed by atoms with Gasteiger partial charge in [-0.25, -0.2) is 4.98 Å². The number of nitrogens with one attached hydrogen (secondary N) is 1. The van der Waals surface area contributed by atoms with E-state index in [0.29, 0.717) is 20.7 Å². The van der Waals surface area contributed by atoms with Gasteiger partial charge in [0.25, 0.3) is 0 Å². The first kappa shape index (κ1) is 17.3. The highest BCUT2D eigenvalue weighted by molar-refractivity contribution is 7.18. The van der Waals surface area contributed by atoms with Crippen LogP contribution in [-0.4, -0.2) is 16.7 Å². The average Bonchev–Trinajstić information content (AvgIpc) is 3.02. The Morgan fingerprint density at radius 1 is 1.08 bits per heavy atom. The summed E-state index contributed by atoms with van der Waals surface area (Å²) in [6.07, 6.45) is 0.215. The number of Topliss-reactive ketones (excluding diaryl/α,β-unsaturated/α-hetero) is 1. The normalized spacial score (nSPS) is 10.5. The van der Waals surface area contributed by atoms with E-state index in [-0.39, 0.29) is 18.1 Å². The molecule has 1 amide bonds. The van der Waals surface area contributed by atoms with Crippen molar-refractivity contribution in [1.29, 1.82) is 0 Å². The number of amides is 1. The maximum atomic E-state index is 12.2. The molecule has 25 heavy (non-hydrogen) atoms. The monoisotopic (exact) mass is 370 g/mol. The number of halogens is 1. The Labute approximate surface area is 154 Å². The Bertz CT molecular complexity index is 905. The number of rotatable bonds is 5. The molecule has 0 atom stereocenters. The molecule has 3 aromatic rings. The molecule has 3 rings (SSSR count). The van der Waals surface area contributed by atoms with Gasteiger partial charge in [0.15, 0.2) is 10.9 Å². The van der Waals surface area contributed by atoms with Crippen LogP contribution in [0.25, 0.3) is 11.3 Å². The molecule has 0 saturated carbocycles. The van der Waals surface area contributed by atoms with Gasteiger partial charge in [-0.2, -0.15) is 0 Å². The SMILES string of the molecule is CC(=O)c1sc(NC(=O)Cc2ccc(Cl)cc2)nc1-c1ccccc1. The van der Waals surface area contributed by atoms with E-state index in [1.54, 1.807) is 24.3 Å². The molecule has 1 N–H and O–H groups in total. The van der Waals surface area contributed by atoms with Crippen LogP contribution in [0.5, 0.6) is 0 Å². The summed E-state index contributed by atoms with van der Waals surface area (Å²) in [6.45, 7) is 1.50. The second-order valence-electron chi connectivity index (χ2n) is 5.47. The summed E-state index contributed by atoms with van der Waals surface area (Å²) < 4.78 is 0. The lowest BCUT2D eigenvalue weighted by atomic mass is 10.1. The zero-order valence-electron chi connectivity index (χ0n) is 13.5. The van der Waals surface area contributed by atoms with Gasteiger partial charge in [-0.15, -0.1) is 0 Å². The lowest BCUT2D eigenvalue weighted by Gasteiger charge is -2.02. The molecule has 0 unspecified atom stereocenters. The van der Waals surface area contributed by atoms with Crippen LogP contribution in [0.3, 0.4) is 0 Å². The first-order chi connectivity index (χ1) is 12.0. The maximum Gasteiger partial charge on any atom is 0.230 e. The number of carbonyl (C=O) groups excluding carboxylic acids is 2. The Hall–Kier alpha value is -2.50. The number of hydrogen-bond donors (Lipinski definition) is 1. The average molecular weight is 371 g/mol. The van der Waals surface area contributed by atoms with Gasteiger partial charge in [0.2, 0.25) is 5.91 Å². The van der Waals surface area contributed by atoms with Gasteiger partial charge in [0.1, 0.15) is 0 Å². The summed E-state index contributed by atoms with van der Waals surface area (Å²) in [5.41, 5.74) is 2.30. The van der Waals surface area contributed by atoms with Crippen LogP contribution in [0.2, 0.25) is 5.02 Å². The van der Waals surface area contributed by atoms with Crippen LogP contribution < -0.4 is 5.32 Å². The van der Waals surface area contributed by atoms with E-state index < -0.39 is 0 Å². The summed E-state index contributed by atoms with van der Waals surface area (Å²) in [4.78, 5) is 29.1. The number of anilines is 1. The van der Waals surface area contributed by atoms with Crippen LogP contribution >= 0.6 is 22.9 Å². The Morgan fingerprint density at radius 2 is 1.76 bits per heavy atom. The fourth-order valence-electron chi connectivity index (χ4n) is 2.36. The summed E-state index contributed by atoms with van der Waals surface area (Å²) in [7, 11) is 0. The number of thiazole rings is 1. The van der Waals surface area contributed by atoms with Crippen LogP contribution in [-0.2, 0) is 11.2 Å². The Balaban J connectivity index is 1.79. The van der Waals surface area contributed by atoms with Crippen molar-refractivity contribution in [3.8, 4) is 11.3 Å². The van der Waals surface area contributed by atoms with Crippen molar-refractivity contribution in [3.05, 3.63) is 70.1 Å². The van der Waals surface area contributed by atoms with Crippen molar-refractivity contribution in [2.75, 3.05) is 5.32 Å². The minimum Gasteiger partial charge on any atom is -0.302 e. The molecule has 0 aliphatic rings. The molecule has 6 heteroatoms. The molecule has 0 aliphatic heterocycles. The third kappa shape index (κ3) is 4.32. The van der Waals surface area contributed by atoms with Crippen molar-refractivity contribution < 1.29 is 9.59 Å². The highest BCUT2D eigenvalue weighted by Gasteiger charge is 2.17. The van der Waals surface area contributed by atoms with E-state index >= 15 is 0 Å². The summed E-state index contributed by atoms with van der Waals surface area (Å²) in [5.74, 6) is -0.264. The first-order valence-electron chi connectivity index (χ1n) is 7.64. The molecular weight excluding hydrogens is 356 g/mol. The number of ketones is 1. The predicted octanol–water partition coefficient (Wildman–Crippen LogP) is 4.85. The second-order valence-corrected chi connectivity index (χ2v) is 6.91. The van der Waals surface area contributed by atoms with Crippen molar-refractivity contribution >= 4 is 39.8 Å². The zero-order chi connectivity index (χ0) is 17.8. The third-order valence-corrected chi connectivity index (χ3v) is 4.84. The number of aromatic nitrogens is 1. The summed E-state index contributed by atoms with van der Waals surface area (Å²) in [6, 6.07) is 16.6. The van der Waals surface area contributed by atoms with E-state index in [9.17, 15) is 9.59 Å². The molecule has 2 aromatic carbocycles. The Morgan fingerprint density at radius 3 is 2.40 bits per heavy atom. The molecule has 0 bridgehead atoms. The smallest absolute Gasteiger partial charge is 0.230 e. The number of carbonyl (C=O) groups is 2. The largest absolute Gasteiger partial charge is 0.302 e. The van der Waals surface area contributed by atoms with Crippen LogP contribution in [0, 0.1) is 0 Å². The van der Waals surface area contributed by atoms with Crippen molar-refractivity contribution in [2.45, 2.75) is 13.3 Å². The molecule has 4 nitrogen and oxygen atoms in total. The minimum absolute atomic E-state index is 0.0745. The predicted molar refractivity (Wildman–Crippen MR) is 101 cm³/mol. The Kier molecular flexibility index (Phi) is 5.26. The topological polar surface area (TPSA) is 59.1 Å². The molecule has 1 aromatic heterocycles. The molecule has 126 valence electrons. The van der Waals surface area contributed by atoms with Crippen molar-refractivity contribution in [2.24, 2.45) is 0 Å². The number of hydrogen-bond acceptors (Lipinski definition) is 4. The van der Waals surface area contributed by atoms with Crippen molar-refractivity contribution in [3.63, 3.8) is 0 Å². The van der Waals surface area contributed by atoms with Crippen molar-refractivity contribution in [1.82, 2.24) is 4.98 Å². The second kappa shape index (κ2) is 7.59. The third-order valence-electron chi connectivity index (χ3n) is 3.52. The van der Waals surface area contributed by atoms with E-state index in [1.165, 1.54) is 18.3 Å². The lowest BCUT2D eigenvalue weighted by molar-refractivity contribution is -0.115. The fraction of sp³-hybridized carbons (Fsp3) is 0.105. The molecule has 1 heterocycles. The lowest BCUT2D eigenvalue weighted by Crippen LogP contribution is -2.14. The van der Waals surface area contributed by atoms with Gasteiger partial charge in [0, 0.05) is 17.5 Å². The molecule has 0 saturated heterocycles. The van der Waals surface area contributed by atoms with E-state index in [0.717, 1.165) is 11.1 Å². The first-order valence-corrected chi connectivity index (χ1v) is 8.84. The molecule has 0 fully saturated rings. The quantitative estimate of drug-likeness (QED) is 0.653. The van der Waals surface area contributed by atoms with Gasteiger partial charge in [-0.1, -0.05) is 65.4 Å². The van der Waals surface area contributed by atoms with E-state index in [1.807, 2.05) is 30.3 Å². The maximum absolute atomic E-state index is 12.2. The zero-order valence-corrected chi connectivity index (χ0v) is 15.0. The van der Waals surface area contributed by atoms with Crippen LogP contribution in [0.4, 0.5) is 5.13 Å². The molecular formula is C19H15ClN2O2S. The fourth-order valence-corrected chi connectivity index (χ4v) is 3.38. The van der Waals surface area contributed by atoms with E-state index in [2.05, 4.69) is 10.3 Å². The van der Waals surface area contributed by atoms with Gasteiger partial charge in [-0.05, 0) is 17.7 Å². The summed E-state index contributed by atoms with van der Waals surface area (Å²) >= 11 is 7.04. The van der Waals surface area contributed by atoms with Gasteiger partial charge < -0.3 is 5.32 Å². The molecule has 0 aliphatic carbocycles.